The second-order valence-electron chi connectivity index (χ2n) is 5.47. The highest BCUT2D eigenvalue weighted by molar-refractivity contribution is 6.30. The van der Waals surface area contributed by atoms with E-state index in [1.54, 1.807) is 0 Å². The molecule has 0 aliphatic carbocycles. The minimum atomic E-state index is 0.353. The highest BCUT2D eigenvalue weighted by Gasteiger charge is 2.13. The zero-order valence-electron chi connectivity index (χ0n) is 12.2. The third-order valence-corrected chi connectivity index (χ3v) is 4.35. The summed E-state index contributed by atoms with van der Waals surface area (Å²) in [5, 5.41) is 4.18. The van der Waals surface area contributed by atoms with Crippen LogP contribution < -0.4 is 10.1 Å². The fraction of sp³-hybridized carbons (Fsp3) is 0.333. The Morgan fingerprint density at radius 2 is 2.00 bits per heavy atom. The Balaban J connectivity index is 1.66. The summed E-state index contributed by atoms with van der Waals surface area (Å²) in [5.74, 6) is 1.06. The number of rotatable bonds is 5. The van der Waals surface area contributed by atoms with Gasteiger partial charge in [-0.25, -0.2) is 0 Å². The minimum absolute atomic E-state index is 0.353. The van der Waals surface area contributed by atoms with Crippen molar-refractivity contribution in [2.75, 3.05) is 13.7 Å². The molecule has 0 spiro atoms. The van der Waals surface area contributed by atoms with E-state index in [2.05, 4.69) is 35.6 Å². The van der Waals surface area contributed by atoms with Crippen LogP contribution in [0.1, 0.15) is 29.2 Å². The van der Waals surface area contributed by atoms with E-state index in [9.17, 15) is 0 Å². The largest absolute Gasteiger partial charge is 0.493 e. The van der Waals surface area contributed by atoms with E-state index in [1.165, 1.54) is 16.7 Å². The molecule has 0 amide bonds. The molecule has 0 fully saturated rings. The number of ether oxygens (including phenoxy) is 1. The molecule has 0 saturated carbocycles. The molecule has 2 nitrogen and oxygen atoms in total. The highest BCUT2D eigenvalue weighted by atomic mass is 35.5. The van der Waals surface area contributed by atoms with E-state index in [0.29, 0.717) is 6.04 Å². The lowest BCUT2D eigenvalue weighted by molar-refractivity contribution is 0.357. The standard InChI is InChI=1S/C18H20ClNO/c1-20-17(14-4-6-16(19)7-5-14)8-2-13-3-9-18-15(12-13)10-11-21-18/h3-7,9,12,17,20H,2,8,10-11H2,1H3. The molecule has 1 unspecified atom stereocenters. The van der Waals surface area contributed by atoms with Crippen molar-refractivity contribution in [2.45, 2.75) is 25.3 Å². The Morgan fingerprint density at radius 1 is 1.19 bits per heavy atom. The number of hydrogen-bond donors (Lipinski definition) is 1. The predicted molar refractivity (Wildman–Crippen MR) is 87.2 cm³/mol. The van der Waals surface area contributed by atoms with E-state index in [4.69, 9.17) is 16.3 Å². The first kappa shape index (κ1) is 14.4. The summed E-state index contributed by atoms with van der Waals surface area (Å²) in [6, 6.07) is 15.0. The monoisotopic (exact) mass is 301 g/mol. The molecule has 0 saturated heterocycles. The van der Waals surface area contributed by atoms with Crippen LogP contribution in [0.2, 0.25) is 5.02 Å². The van der Waals surface area contributed by atoms with Crippen molar-refractivity contribution in [2.24, 2.45) is 0 Å². The van der Waals surface area contributed by atoms with Crippen LogP contribution in [0.3, 0.4) is 0 Å². The fourth-order valence-electron chi connectivity index (χ4n) is 2.88. The van der Waals surface area contributed by atoms with Gasteiger partial charge in [-0.2, -0.15) is 0 Å². The lowest BCUT2D eigenvalue weighted by Crippen LogP contribution is -2.17. The summed E-state index contributed by atoms with van der Waals surface area (Å²) >= 11 is 5.95. The minimum Gasteiger partial charge on any atom is -0.493 e. The number of fused-ring (bicyclic) bond motifs is 1. The Bertz CT molecular complexity index is 609. The first-order valence-corrected chi connectivity index (χ1v) is 7.81. The Hall–Kier alpha value is -1.51. The molecule has 110 valence electrons. The van der Waals surface area contributed by atoms with Crippen molar-refractivity contribution >= 4 is 11.6 Å². The molecule has 3 heteroatoms. The van der Waals surface area contributed by atoms with Gasteiger partial charge in [-0.05, 0) is 54.8 Å². The summed E-state index contributed by atoms with van der Waals surface area (Å²) in [4.78, 5) is 0. The van der Waals surface area contributed by atoms with Crippen molar-refractivity contribution in [3.05, 3.63) is 64.2 Å². The predicted octanol–water partition coefficient (Wildman–Crippen LogP) is 4.17. The van der Waals surface area contributed by atoms with Crippen LogP contribution in [-0.2, 0) is 12.8 Å². The molecule has 1 aliphatic rings. The van der Waals surface area contributed by atoms with Crippen LogP contribution >= 0.6 is 11.6 Å². The molecule has 0 aromatic heterocycles. The van der Waals surface area contributed by atoms with Gasteiger partial charge in [-0.3, -0.25) is 0 Å². The lowest BCUT2D eigenvalue weighted by Gasteiger charge is -2.17. The van der Waals surface area contributed by atoms with E-state index < -0.39 is 0 Å². The Morgan fingerprint density at radius 3 is 2.76 bits per heavy atom. The summed E-state index contributed by atoms with van der Waals surface area (Å²) in [5.41, 5.74) is 4.01. The lowest BCUT2D eigenvalue weighted by atomic mass is 9.98. The fourth-order valence-corrected chi connectivity index (χ4v) is 3.01. The maximum atomic E-state index is 5.95. The molecule has 1 N–H and O–H groups in total. The second kappa shape index (κ2) is 6.50. The average Bonchev–Trinajstić information content (AvgIpc) is 2.97. The van der Waals surface area contributed by atoms with Gasteiger partial charge in [-0.15, -0.1) is 0 Å². The highest BCUT2D eigenvalue weighted by Crippen LogP contribution is 2.27. The summed E-state index contributed by atoms with van der Waals surface area (Å²) in [7, 11) is 2.01. The number of aryl methyl sites for hydroxylation is 1. The van der Waals surface area contributed by atoms with Gasteiger partial charge in [0, 0.05) is 17.5 Å². The van der Waals surface area contributed by atoms with Gasteiger partial charge in [-0.1, -0.05) is 35.9 Å². The van der Waals surface area contributed by atoms with Gasteiger partial charge in [0.25, 0.3) is 0 Å². The SMILES string of the molecule is CNC(CCc1ccc2c(c1)CCO2)c1ccc(Cl)cc1. The molecular weight excluding hydrogens is 282 g/mol. The van der Waals surface area contributed by atoms with Gasteiger partial charge in [0.15, 0.2) is 0 Å². The average molecular weight is 302 g/mol. The topological polar surface area (TPSA) is 21.3 Å². The second-order valence-corrected chi connectivity index (χ2v) is 5.91. The van der Waals surface area contributed by atoms with Crippen LogP contribution in [0.25, 0.3) is 0 Å². The zero-order valence-corrected chi connectivity index (χ0v) is 13.0. The third-order valence-electron chi connectivity index (χ3n) is 4.10. The number of nitrogens with one attached hydrogen (secondary N) is 1. The van der Waals surface area contributed by atoms with Crippen molar-refractivity contribution in [3.8, 4) is 5.75 Å². The molecule has 0 radical (unpaired) electrons. The third kappa shape index (κ3) is 3.39. The van der Waals surface area contributed by atoms with Gasteiger partial charge in [0.2, 0.25) is 0 Å². The number of hydrogen-bond acceptors (Lipinski definition) is 2. The molecule has 1 heterocycles. The summed E-state index contributed by atoms with van der Waals surface area (Å²) in [6.07, 6.45) is 3.16. The van der Waals surface area contributed by atoms with E-state index in [0.717, 1.165) is 36.6 Å². The summed E-state index contributed by atoms with van der Waals surface area (Å²) in [6.45, 7) is 0.822. The van der Waals surface area contributed by atoms with Gasteiger partial charge >= 0.3 is 0 Å². The molecule has 1 aliphatic heterocycles. The van der Waals surface area contributed by atoms with Crippen LogP contribution in [0.4, 0.5) is 0 Å². The maximum Gasteiger partial charge on any atom is 0.122 e. The number of halogens is 1. The first-order valence-electron chi connectivity index (χ1n) is 7.43. The van der Waals surface area contributed by atoms with E-state index in [-0.39, 0.29) is 0 Å². The molecule has 3 rings (SSSR count). The zero-order chi connectivity index (χ0) is 14.7. The van der Waals surface area contributed by atoms with Crippen molar-refractivity contribution in [1.29, 1.82) is 0 Å². The molecule has 2 aromatic rings. The van der Waals surface area contributed by atoms with E-state index >= 15 is 0 Å². The maximum absolute atomic E-state index is 5.95. The van der Waals surface area contributed by atoms with Gasteiger partial charge in [0.1, 0.15) is 5.75 Å². The van der Waals surface area contributed by atoms with Crippen LogP contribution in [0.15, 0.2) is 42.5 Å². The van der Waals surface area contributed by atoms with Crippen LogP contribution in [0.5, 0.6) is 5.75 Å². The number of benzene rings is 2. The molecule has 21 heavy (non-hydrogen) atoms. The van der Waals surface area contributed by atoms with Crippen LogP contribution in [-0.4, -0.2) is 13.7 Å². The Labute approximate surface area is 131 Å². The van der Waals surface area contributed by atoms with Crippen molar-refractivity contribution < 1.29 is 4.74 Å². The smallest absolute Gasteiger partial charge is 0.122 e. The van der Waals surface area contributed by atoms with Crippen molar-refractivity contribution in [3.63, 3.8) is 0 Å². The van der Waals surface area contributed by atoms with Crippen molar-refractivity contribution in [1.82, 2.24) is 5.32 Å². The normalized spacial score (nSPS) is 14.6. The first-order chi connectivity index (χ1) is 10.3. The molecular formula is C18H20ClNO. The van der Waals surface area contributed by atoms with Gasteiger partial charge < -0.3 is 10.1 Å². The molecule has 0 bridgehead atoms. The van der Waals surface area contributed by atoms with E-state index in [1.807, 2.05) is 19.2 Å². The molecule has 2 aromatic carbocycles. The molecule has 1 atom stereocenters. The Kier molecular flexibility index (Phi) is 4.47. The van der Waals surface area contributed by atoms with Gasteiger partial charge in [0.05, 0.1) is 6.61 Å². The quantitative estimate of drug-likeness (QED) is 0.895. The summed E-state index contributed by atoms with van der Waals surface area (Å²) < 4.78 is 5.56. The van der Waals surface area contributed by atoms with Crippen LogP contribution in [0, 0.1) is 0 Å².